The molecule has 4 aromatic carbocycles. The van der Waals surface area contributed by atoms with Crippen LogP contribution in [0.4, 0.5) is 28.4 Å². The average molecular weight is 1060 g/mol. The molecule has 0 aliphatic carbocycles. The first-order valence-corrected chi connectivity index (χ1v) is 25.1. The molecule has 20 heteroatoms. The number of ether oxygens (including phenoxy) is 3. The van der Waals surface area contributed by atoms with E-state index < -0.39 is 77.1 Å². The van der Waals surface area contributed by atoms with Crippen molar-refractivity contribution in [3.05, 3.63) is 122 Å². The number of rotatable bonds is 23. The predicted octanol–water partition coefficient (Wildman–Crippen LogP) is 10.2. The standard InChI is InChI=1S/C52H59Cl2F4N7O6S/c1-51(2,3)27-43(60)52(30-59,35-15-13-32(53)25-39(35)56)36(33-10-9-11-37(54)46(33)57)26-44(66)63-40-17-12-31(24-42(40)69-4)49(68)62-19-8-6-5-7-18-61-45(67)28-71-48-34(14-16-38(55)47(48)58)41-29-72-50(64-41)65-20-22-70-23-21-65/h9-17,24-25,29,36,43,49,62,68H,5-8,18-23,26-28,60H2,1-4H3,(H,61,67)(H,63,66)/t36-,43+,49?,52?/m1/s1. The molecule has 0 bridgehead atoms. The van der Waals surface area contributed by atoms with Crippen molar-refractivity contribution in [3.8, 4) is 28.8 Å². The largest absolute Gasteiger partial charge is 0.495 e. The maximum absolute atomic E-state index is 16.1. The van der Waals surface area contributed by atoms with Crippen molar-refractivity contribution in [3.63, 3.8) is 0 Å². The molecular weight excluding hydrogens is 998 g/mol. The monoisotopic (exact) mass is 1060 g/mol. The van der Waals surface area contributed by atoms with Crippen molar-refractivity contribution in [1.29, 1.82) is 5.26 Å². The lowest BCUT2D eigenvalue weighted by molar-refractivity contribution is -0.123. The molecule has 0 saturated carbocycles. The number of aromatic nitrogens is 1. The van der Waals surface area contributed by atoms with Gasteiger partial charge < -0.3 is 40.6 Å². The van der Waals surface area contributed by atoms with E-state index >= 15 is 8.78 Å². The molecule has 6 N–H and O–H groups in total. The second kappa shape index (κ2) is 25.4. The Morgan fingerprint density at radius 3 is 2.39 bits per heavy atom. The number of carbonyl (C=O) groups is 2. The van der Waals surface area contributed by atoms with Crippen LogP contribution in [0.1, 0.15) is 88.1 Å². The maximum Gasteiger partial charge on any atom is 0.257 e. The molecule has 1 aliphatic heterocycles. The number of methoxy groups -OCH3 is 1. The third-order valence-corrected chi connectivity index (χ3v) is 13.7. The van der Waals surface area contributed by atoms with Crippen LogP contribution in [0.5, 0.6) is 11.5 Å². The van der Waals surface area contributed by atoms with Gasteiger partial charge in [-0.3, -0.25) is 14.9 Å². The highest BCUT2D eigenvalue weighted by atomic mass is 35.5. The summed E-state index contributed by atoms with van der Waals surface area (Å²) in [6.45, 7) is 8.40. The Morgan fingerprint density at radius 1 is 0.958 bits per heavy atom. The van der Waals surface area contributed by atoms with E-state index in [1.165, 1.54) is 60.9 Å². The lowest BCUT2D eigenvalue weighted by Crippen LogP contribution is -2.51. The quantitative estimate of drug-likeness (QED) is 0.0238. The summed E-state index contributed by atoms with van der Waals surface area (Å²) in [5, 5.41) is 33.0. The number of nitrogens with zero attached hydrogens (tertiary/aromatic N) is 3. The fourth-order valence-corrected chi connectivity index (χ4v) is 9.95. The Kier molecular flexibility index (Phi) is 19.7. The lowest BCUT2D eigenvalue weighted by Gasteiger charge is -2.42. The van der Waals surface area contributed by atoms with Crippen molar-refractivity contribution in [2.75, 3.05) is 63.3 Å². The number of aliphatic hydroxyl groups is 1. The number of aliphatic hydroxyl groups excluding tert-OH is 1. The normalized spacial score (nSPS) is 15.0. The summed E-state index contributed by atoms with van der Waals surface area (Å²) in [4.78, 5) is 33.4. The predicted molar refractivity (Wildman–Crippen MR) is 272 cm³/mol. The fraction of sp³-hybridized carbons (Fsp3) is 0.423. The molecule has 0 spiro atoms. The SMILES string of the molecule is COc1cc(C(O)NCCCCCCNC(=O)COc2c(-c3csc(N4CCOCC4)n3)ccc(F)c2F)ccc1NC(=O)C[C@H](c1cccc(Cl)c1F)C(C#N)(c1ccc(Cl)cc1F)[C@@H](N)CC(C)(C)C. The first-order valence-electron chi connectivity index (χ1n) is 23.5. The second-order valence-corrected chi connectivity index (χ2v) is 20.3. The number of hydrogen-bond donors (Lipinski definition) is 5. The molecule has 0 radical (unpaired) electrons. The summed E-state index contributed by atoms with van der Waals surface area (Å²) >= 11 is 13.8. The number of nitrogens with one attached hydrogen (secondary N) is 3. The van der Waals surface area contributed by atoms with Gasteiger partial charge in [0.15, 0.2) is 23.3 Å². The number of anilines is 2. The third kappa shape index (κ3) is 13.9. The minimum Gasteiger partial charge on any atom is -0.495 e. The van der Waals surface area contributed by atoms with E-state index in [1.54, 1.807) is 17.5 Å². The van der Waals surface area contributed by atoms with Gasteiger partial charge in [-0.05, 0) is 84.8 Å². The number of amides is 2. The van der Waals surface area contributed by atoms with Crippen LogP contribution in [0.2, 0.25) is 10.0 Å². The molecule has 1 aliphatic rings. The highest BCUT2D eigenvalue weighted by molar-refractivity contribution is 7.14. The summed E-state index contributed by atoms with van der Waals surface area (Å²) in [5.41, 5.74) is 5.43. The fourth-order valence-electron chi connectivity index (χ4n) is 8.73. The zero-order valence-corrected chi connectivity index (χ0v) is 42.8. The highest BCUT2D eigenvalue weighted by Gasteiger charge is 2.51. The van der Waals surface area contributed by atoms with Crippen LogP contribution in [0.15, 0.2) is 72.1 Å². The number of unbranched alkanes of at least 4 members (excludes halogenated alkanes) is 3. The van der Waals surface area contributed by atoms with E-state index in [1.807, 2.05) is 20.8 Å². The molecule has 1 fully saturated rings. The molecule has 13 nitrogen and oxygen atoms in total. The number of morpholine rings is 1. The molecule has 4 atom stereocenters. The van der Waals surface area contributed by atoms with E-state index in [9.17, 15) is 28.7 Å². The maximum atomic E-state index is 16.1. The average Bonchev–Trinajstić information content (AvgIpc) is 3.84. The van der Waals surface area contributed by atoms with Crippen molar-refractivity contribution in [1.82, 2.24) is 15.6 Å². The third-order valence-electron chi connectivity index (χ3n) is 12.3. The minimum absolute atomic E-state index is 0.0677. The first kappa shape index (κ1) is 55.8. The summed E-state index contributed by atoms with van der Waals surface area (Å²) in [6, 6.07) is 16.2. The summed E-state index contributed by atoms with van der Waals surface area (Å²) in [7, 11) is 1.38. The van der Waals surface area contributed by atoms with Gasteiger partial charge in [0.25, 0.3) is 5.91 Å². The topological polar surface area (TPSA) is 184 Å². The van der Waals surface area contributed by atoms with Gasteiger partial charge in [0, 0.05) is 59.5 Å². The molecule has 1 saturated heterocycles. The van der Waals surface area contributed by atoms with Gasteiger partial charge in [-0.25, -0.2) is 18.2 Å². The molecule has 1 aromatic heterocycles. The van der Waals surface area contributed by atoms with Crippen molar-refractivity contribution >= 4 is 57.2 Å². The molecule has 6 rings (SSSR count). The zero-order chi connectivity index (χ0) is 52.2. The number of nitriles is 1. The number of nitrogens with two attached hydrogens (primary N) is 1. The van der Waals surface area contributed by atoms with Crippen molar-refractivity contribution < 1.29 is 46.5 Å². The van der Waals surface area contributed by atoms with E-state index in [0.717, 1.165) is 30.1 Å². The van der Waals surface area contributed by atoms with E-state index in [0.29, 0.717) is 63.5 Å². The van der Waals surface area contributed by atoms with Gasteiger partial charge in [-0.15, -0.1) is 11.3 Å². The number of carbonyl (C=O) groups excluding carboxylic acids is 2. The van der Waals surface area contributed by atoms with Crippen LogP contribution in [0.3, 0.4) is 0 Å². The van der Waals surface area contributed by atoms with Crippen LogP contribution in [-0.2, 0) is 19.7 Å². The number of halogens is 6. The number of thiazole rings is 1. The van der Waals surface area contributed by atoms with Crippen LogP contribution in [0.25, 0.3) is 11.3 Å². The van der Waals surface area contributed by atoms with Crippen molar-refractivity contribution in [2.24, 2.45) is 11.1 Å². The van der Waals surface area contributed by atoms with Gasteiger partial charge >= 0.3 is 0 Å². The molecule has 72 heavy (non-hydrogen) atoms. The Hall–Kier alpha value is -5.52. The number of benzene rings is 4. The second-order valence-electron chi connectivity index (χ2n) is 18.6. The number of hydrogen-bond acceptors (Lipinski definition) is 12. The summed E-state index contributed by atoms with van der Waals surface area (Å²) in [5.74, 6) is -6.76. The Bertz CT molecular complexity index is 2720. The molecular formula is C52H59Cl2F4N7O6S. The van der Waals surface area contributed by atoms with Crippen LogP contribution in [0, 0.1) is 40.0 Å². The van der Waals surface area contributed by atoms with E-state index in [4.69, 9.17) is 43.1 Å². The van der Waals surface area contributed by atoms with E-state index in [2.05, 4.69) is 31.9 Å². The van der Waals surface area contributed by atoms with Gasteiger partial charge in [-0.1, -0.05) is 81.1 Å². The van der Waals surface area contributed by atoms with Gasteiger partial charge in [0.1, 0.15) is 29.0 Å². The van der Waals surface area contributed by atoms with Gasteiger partial charge in [0.2, 0.25) is 11.7 Å². The Labute approximate surface area is 431 Å². The molecule has 2 amide bonds. The smallest absolute Gasteiger partial charge is 0.257 e. The zero-order valence-electron chi connectivity index (χ0n) is 40.4. The molecule has 386 valence electrons. The Balaban J connectivity index is 1.01. The Morgan fingerprint density at radius 2 is 1.69 bits per heavy atom. The lowest BCUT2D eigenvalue weighted by atomic mass is 9.60. The van der Waals surface area contributed by atoms with Crippen LogP contribution >= 0.6 is 34.5 Å². The molecule has 2 unspecified atom stereocenters. The van der Waals surface area contributed by atoms with Crippen molar-refractivity contribution in [2.45, 2.75) is 82.9 Å². The first-order chi connectivity index (χ1) is 34.4. The van der Waals surface area contributed by atoms with Gasteiger partial charge in [-0.2, -0.15) is 9.65 Å². The molecule has 5 aromatic rings. The molecule has 2 heterocycles. The van der Waals surface area contributed by atoms with Crippen LogP contribution < -0.4 is 36.1 Å². The summed E-state index contributed by atoms with van der Waals surface area (Å²) < 4.78 is 77.8. The summed E-state index contributed by atoms with van der Waals surface area (Å²) in [6.07, 6.45) is 1.36. The van der Waals surface area contributed by atoms with E-state index in [-0.39, 0.29) is 50.3 Å². The minimum atomic E-state index is -2.00. The highest BCUT2D eigenvalue weighted by Crippen LogP contribution is 2.48. The van der Waals surface area contributed by atoms with Crippen LogP contribution in [-0.4, -0.2) is 81.1 Å². The van der Waals surface area contributed by atoms with Gasteiger partial charge in [0.05, 0.1) is 42.8 Å².